The standard InChI is InChI=1S/C14H19NO2/c1-10(2)5-6-17-14(16)11-3-4-12-8-15-9-13(12)7-11/h3-4,7,10,15H,5-6,8-9H2,1-2H3. The highest BCUT2D eigenvalue weighted by molar-refractivity contribution is 5.89. The van der Waals surface area contributed by atoms with Gasteiger partial charge in [0.2, 0.25) is 0 Å². The molecule has 1 aliphatic heterocycles. The van der Waals surface area contributed by atoms with E-state index in [9.17, 15) is 4.79 Å². The SMILES string of the molecule is CC(C)CCOC(=O)c1ccc2c(c1)CNC2. The van der Waals surface area contributed by atoms with Crippen molar-refractivity contribution < 1.29 is 9.53 Å². The predicted octanol–water partition coefficient (Wildman–Crippen LogP) is 2.49. The average molecular weight is 233 g/mol. The zero-order valence-electron chi connectivity index (χ0n) is 10.5. The van der Waals surface area contributed by atoms with Crippen molar-refractivity contribution in [3.8, 4) is 0 Å². The Morgan fingerprint density at radius 2 is 2.12 bits per heavy atom. The van der Waals surface area contributed by atoms with Crippen molar-refractivity contribution in [2.45, 2.75) is 33.4 Å². The molecule has 0 bridgehead atoms. The van der Waals surface area contributed by atoms with Gasteiger partial charge in [0, 0.05) is 13.1 Å². The fraction of sp³-hybridized carbons (Fsp3) is 0.500. The van der Waals surface area contributed by atoms with Crippen LogP contribution in [-0.2, 0) is 17.8 Å². The second-order valence-corrected chi connectivity index (χ2v) is 4.91. The van der Waals surface area contributed by atoms with Crippen molar-refractivity contribution in [3.63, 3.8) is 0 Å². The van der Waals surface area contributed by atoms with Gasteiger partial charge in [0.15, 0.2) is 0 Å². The molecule has 3 heteroatoms. The summed E-state index contributed by atoms with van der Waals surface area (Å²) >= 11 is 0. The van der Waals surface area contributed by atoms with E-state index in [4.69, 9.17) is 4.74 Å². The minimum absolute atomic E-state index is 0.208. The van der Waals surface area contributed by atoms with Crippen molar-refractivity contribution in [1.82, 2.24) is 5.32 Å². The molecule has 1 aromatic rings. The number of rotatable bonds is 4. The maximum absolute atomic E-state index is 11.8. The summed E-state index contributed by atoms with van der Waals surface area (Å²) in [4.78, 5) is 11.8. The Morgan fingerprint density at radius 3 is 2.88 bits per heavy atom. The molecule has 0 spiro atoms. The number of carbonyl (C=O) groups excluding carboxylic acids is 1. The number of hydrogen-bond acceptors (Lipinski definition) is 3. The van der Waals surface area contributed by atoms with Crippen LogP contribution in [0.1, 0.15) is 41.8 Å². The molecule has 0 aromatic heterocycles. The first-order valence-corrected chi connectivity index (χ1v) is 6.16. The molecule has 1 aromatic carbocycles. The molecule has 3 nitrogen and oxygen atoms in total. The van der Waals surface area contributed by atoms with Gasteiger partial charge in [-0.2, -0.15) is 0 Å². The van der Waals surface area contributed by atoms with Gasteiger partial charge < -0.3 is 10.1 Å². The third kappa shape index (κ3) is 3.07. The summed E-state index contributed by atoms with van der Waals surface area (Å²) in [5.74, 6) is 0.354. The quantitative estimate of drug-likeness (QED) is 0.812. The highest BCUT2D eigenvalue weighted by Gasteiger charge is 2.14. The monoisotopic (exact) mass is 233 g/mol. The molecule has 0 fully saturated rings. The van der Waals surface area contributed by atoms with Crippen molar-refractivity contribution in [2.75, 3.05) is 6.61 Å². The van der Waals surface area contributed by atoms with E-state index >= 15 is 0 Å². The first-order chi connectivity index (χ1) is 8.16. The average Bonchev–Trinajstić information content (AvgIpc) is 2.75. The van der Waals surface area contributed by atoms with Gasteiger partial charge in [0.25, 0.3) is 0 Å². The lowest BCUT2D eigenvalue weighted by Gasteiger charge is -2.07. The molecule has 0 aliphatic carbocycles. The number of nitrogens with one attached hydrogen (secondary N) is 1. The molecule has 1 N–H and O–H groups in total. The lowest BCUT2D eigenvalue weighted by Crippen LogP contribution is -2.08. The van der Waals surface area contributed by atoms with Crippen LogP contribution in [0.4, 0.5) is 0 Å². The summed E-state index contributed by atoms with van der Waals surface area (Å²) in [6.45, 7) is 6.50. The molecule has 0 atom stereocenters. The van der Waals surface area contributed by atoms with Crippen LogP contribution in [-0.4, -0.2) is 12.6 Å². The van der Waals surface area contributed by atoms with E-state index in [1.165, 1.54) is 11.1 Å². The Labute approximate surface area is 102 Å². The molecule has 0 saturated heterocycles. The molecule has 0 saturated carbocycles. The summed E-state index contributed by atoms with van der Waals surface area (Å²) < 4.78 is 5.24. The number of carbonyl (C=O) groups is 1. The summed E-state index contributed by atoms with van der Waals surface area (Å²) in [6.07, 6.45) is 0.915. The Morgan fingerprint density at radius 1 is 1.35 bits per heavy atom. The van der Waals surface area contributed by atoms with Crippen LogP contribution in [0.5, 0.6) is 0 Å². The molecule has 0 amide bonds. The van der Waals surface area contributed by atoms with E-state index in [-0.39, 0.29) is 5.97 Å². The number of hydrogen-bond donors (Lipinski definition) is 1. The number of benzene rings is 1. The van der Waals surface area contributed by atoms with Gasteiger partial charge in [0.1, 0.15) is 0 Å². The lowest BCUT2D eigenvalue weighted by molar-refractivity contribution is 0.0488. The minimum atomic E-state index is -0.208. The smallest absolute Gasteiger partial charge is 0.338 e. The van der Waals surface area contributed by atoms with Crippen LogP contribution in [0.3, 0.4) is 0 Å². The fourth-order valence-corrected chi connectivity index (χ4v) is 1.89. The van der Waals surface area contributed by atoms with Crippen molar-refractivity contribution >= 4 is 5.97 Å². The first-order valence-electron chi connectivity index (χ1n) is 6.16. The van der Waals surface area contributed by atoms with Crippen molar-refractivity contribution in [1.29, 1.82) is 0 Å². The summed E-state index contributed by atoms with van der Waals surface area (Å²) in [6, 6.07) is 5.80. The van der Waals surface area contributed by atoms with Gasteiger partial charge in [-0.1, -0.05) is 19.9 Å². The second kappa shape index (κ2) is 5.32. The molecule has 0 radical (unpaired) electrons. The number of fused-ring (bicyclic) bond motifs is 1. The van der Waals surface area contributed by atoms with E-state index in [1.54, 1.807) is 0 Å². The number of esters is 1. The summed E-state index contributed by atoms with van der Waals surface area (Å²) in [5.41, 5.74) is 3.16. The van der Waals surface area contributed by atoms with E-state index in [0.717, 1.165) is 19.5 Å². The molecular formula is C14H19NO2. The second-order valence-electron chi connectivity index (χ2n) is 4.91. The Kier molecular flexibility index (Phi) is 3.79. The number of ether oxygens (including phenoxy) is 1. The molecule has 0 unspecified atom stereocenters. The highest BCUT2D eigenvalue weighted by Crippen LogP contribution is 2.17. The largest absolute Gasteiger partial charge is 0.462 e. The molecule has 1 aliphatic rings. The van der Waals surface area contributed by atoms with Crippen molar-refractivity contribution in [2.24, 2.45) is 5.92 Å². The summed E-state index contributed by atoms with van der Waals surface area (Å²) in [7, 11) is 0. The minimum Gasteiger partial charge on any atom is -0.462 e. The lowest BCUT2D eigenvalue weighted by atomic mass is 10.1. The zero-order valence-corrected chi connectivity index (χ0v) is 10.5. The van der Waals surface area contributed by atoms with Gasteiger partial charge in [0.05, 0.1) is 12.2 Å². The van der Waals surface area contributed by atoms with Crippen LogP contribution in [0, 0.1) is 5.92 Å². The highest BCUT2D eigenvalue weighted by atomic mass is 16.5. The Balaban J connectivity index is 1.95. The molecule has 1 heterocycles. The van der Waals surface area contributed by atoms with Crippen LogP contribution in [0.2, 0.25) is 0 Å². The fourth-order valence-electron chi connectivity index (χ4n) is 1.89. The van der Waals surface area contributed by atoms with Crippen LogP contribution < -0.4 is 5.32 Å². The molecule has 92 valence electrons. The first kappa shape index (κ1) is 12.1. The Bertz CT molecular complexity index is 413. The topological polar surface area (TPSA) is 38.3 Å². The molecule has 17 heavy (non-hydrogen) atoms. The molecule has 2 rings (SSSR count). The third-order valence-electron chi connectivity index (χ3n) is 3.00. The van der Waals surface area contributed by atoms with E-state index in [0.29, 0.717) is 18.1 Å². The van der Waals surface area contributed by atoms with Gasteiger partial charge in [-0.3, -0.25) is 0 Å². The third-order valence-corrected chi connectivity index (χ3v) is 3.00. The predicted molar refractivity (Wildman–Crippen MR) is 66.7 cm³/mol. The van der Waals surface area contributed by atoms with Gasteiger partial charge in [-0.05, 0) is 35.6 Å². The Hall–Kier alpha value is -1.35. The van der Waals surface area contributed by atoms with Crippen LogP contribution in [0.25, 0.3) is 0 Å². The van der Waals surface area contributed by atoms with Gasteiger partial charge in [-0.25, -0.2) is 4.79 Å². The molecular weight excluding hydrogens is 214 g/mol. The maximum Gasteiger partial charge on any atom is 0.338 e. The zero-order chi connectivity index (χ0) is 12.3. The van der Waals surface area contributed by atoms with E-state index in [2.05, 4.69) is 19.2 Å². The van der Waals surface area contributed by atoms with E-state index in [1.807, 2.05) is 18.2 Å². The van der Waals surface area contributed by atoms with Crippen LogP contribution in [0.15, 0.2) is 18.2 Å². The summed E-state index contributed by atoms with van der Waals surface area (Å²) in [5, 5.41) is 3.26. The normalized spacial score (nSPS) is 13.8. The van der Waals surface area contributed by atoms with Gasteiger partial charge >= 0.3 is 5.97 Å². The van der Waals surface area contributed by atoms with Crippen LogP contribution >= 0.6 is 0 Å². The van der Waals surface area contributed by atoms with E-state index < -0.39 is 0 Å². The van der Waals surface area contributed by atoms with Crippen molar-refractivity contribution in [3.05, 3.63) is 34.9 Å². The van der Waals surface area contributed by atoms with Gasteiger partial charge in [-0.15, -0.1) is 0 Å². The maximum atomic E-state index is 11.8.